The van der Waals surface area contributed by atoms with Gasteiger partial charge in [0.15, 0.2) is 0 Å². The van der Waals surface area contributed by atoms with Crippen molar-refractivity contribution in [3.63, 3.8) is 0 Å². The van der Waals surface area contributed by atoms with Crippen molar-refractivity contribution in [2.24, 2.45) is 11.8 Å². The SMILES string of the molecule is CC(C1CC1)C(Cl)c1ccc(Br)s1. The van der Waals surface area contributed by atoms with Crippen LogP contribution in [0.4, 0.5) is 0 Å². The number of alkyl halides is 1. The second-order valence-electron chi connectivity index (χ2n) is 3.74. The van der Waals surface area contributed by atoms with E-state index >= 15 is 0 Å². The molecule has 0 aromatic carbocycles. The quantitative estimate of drug-likeness (QED) is 0.695. The van der Waals surface area contributed by atoms with Crippen LogP contribution < -0.4 is 0 Å². The van der Waals surface area contributed by atoms with Gasteiger partial charge >= 0.3 is 0 Å². The molecule has 0 nitrogen and oxygen atoms in total. The van der Waals surface area contributed by atoms with Gasteiger partial charge in [-0.3, -0.25) is 0 Å². The zero-order chi connectivity index (χ0) is 9.42. The molecule has 1 aliphatic carbocycles. The fraction of sp³-hybridized carbons (Fsp3) is 0.600. The zero-order valence-electron chi connectivity index (χ0n) is 7.47. The van der Waals surface area contributed by atoms with Crippen molar-refractivity contribution >= 4 is 38.9 Å². The van der Waals surface area contributed by atoms with E-state index in [-0.39, 0.29) is 5.38 Å². The van der Waals surface area contributed by atoms with Crippen molar-refractivity contribution in [2.45, 2.75) is 25.1 Å². The Bertz CT molecular complexity index is 293. The first kappa shape index (κ1) is 10.0. The van der Waals surface area contributed by atoms with Crippen LogP contribution >= 0.6 is 38.9 Å². The largest absolute Gasteiger partial charge is 0.132 e. The van der Waals surface area contributed by atoms with Gasteiger partial charge in [-0.05, 0) is 52.7 Å². The van der Waals surface area contributed by atoms with Gasteiger partial charge in [0, 0.05) is 4.88 Å². The van der Waals surface area contributed by atoms with Gasteiger partial charge in [-0.1, -0.05) is 6.92 Å². The summed E-state index contributed by atoms with van der Waals surface area (Å²) in [5.41, 5.74) is 0. The Morgan fingerprint density at radius 2 is 2.23 bits per heavy atom. The molecule has 2 unspecified atom stereocenters. The summed E-state index contributed by atoms with van der Waals surface area (Å²) in [6.45, 7) is 2.27. The molecule has 0 spiro atoms. The number of halogens is 2. The minimum atomic E-state index is 0.212. The van der Waals surface area contributed by atoms with Crippen LogP contribution in [0.2, 0.25) is 0 Å². The lowest BCUT2D eigenvalue weighted by Gasteiger charge is -2.15. The predicted molar refractivity (Wildman–Crippen MR) is 62.5 cm³/mol. The van der Waals surface area contributed by atoms with Crippen LogP contribution in [0.3, 0.4) is 0 Å². The van der Waals surface area contributed by atoms with Crippen LogP contribution in [0.15, 0.2) is 15.9 Å². The first-order chi connectivity index (χ1) is 6.18. The summed E-state index contributed by atoms with van der Waals surface area (Å²) in [6.07, 6.45) is 2.74. The minimum Gasteiger partial charge on any atom is -0.132 e. The van der Waals surface area contributed by atoms with Crippen LogP contribution in [0.5, 0.6) is 0 Å². The highest BCUT2D eigenvalue weighted by Crippen LogP contribution is 2.46. The average molecular weight is 280 g/mol. The molecule has 2 atom stereocenters. The van der Waals surface area contributed by atoms with Gasteiger partial charge in [0.2, 0.25) is 0 Å². The lowest BCUT2D eigenvalue weighted by molar-refractivity contribution is 0.495. The van der Waals surface area contributed by atoms with E-state index in [1.54, 1.807) is 11.3 Å². The van der Waals surface area contributed by atoms with Crippen molar-refractivity contribution < 1.29 is 0 Å². The summed E-state index contributed by atoms with van der Waals surface area (Å²) < 4.78 is 1.18. The Hall–Kier alpha value is 0.470. The number of rotatable bonds is 3. The van der Waals surface area contributed by atoms with Crippen LogP contribution in [-0.4, -0.2) is 0 Å². The molecule has 1 fully saturated rings. The van der Waals surface area contributed by atoms with Crippen LogP contribution in [0.25, 0.3) is 0 Å². The fourth-order valence-electron chi connectivity index (χ4n) is 1.60. The van der Waals surface area contributed by atoms with Crippen molar-refractivity contribution in [3.8, 4) is 0 Å². The fourth-order valence-corrected chi connectivity index (χ4v) is 3.53. The van der Waals surface area contributed by atoms with Crippen molar-refractivity contribution in [1.82, 2.24) is 0 Å². The van der Waals surface area contributed by atoms with Crippen LogP contribution in [-0.2, 0) is 0 Å². The first-order valence-corrected chi connectivity index (χ1v) is 6.62. The predicted octanol–water partition coefficient (Wildman–Crippen LogP) is 4.84. The molecule has 3 heteroatoms. The topological polar surface area (TPSA) is 0 Å². The summed E-state index contributed by atoms with van der Waals surface area (Å²) in [4.78, 5) is 1.30. The highest BCUT2D eigenvalue weighted by atomic mass is 79.9. The van der Waals surface area contributed by atoms with Gasteiger partial charge < -0.3 is 0 Å². The third kappa shape index (κ3) is 2.28. The molecular weight excluding hydrogens is 268 g/mol. The molecule has 2 rings (SSSR count). The smallest absolute Gasteiger partial charge is 0.0707 e. The van der Waals surface area contributed by atoms with Crippen molar-refractivity contribution in [1.29, 1.82) is 0 Å². The molecular formula is C10H12BrClS. The lowest BCUT2D eigenvalue weighted by atomic mass is 10.0. The van der Waals surface area contributed by atoms with E-state index in [4.69, 9.17) is 11.6 Å². The molecule has 0 amide bonds. The minimum absolute atomic E-state index is 0.212. The average Bonchev–Trinajstić information content (AvgIpc) is 2.87. The molecule has 13 heavy (non-hydrogen) atoms. The molecule has 0 bridgehead atoms. The normalized spacial score (nSPS) is 21.5. The Morgan fingerprint density at radius 1 is 1.54 bits per heavy atom. The van der Waals surface area contributed by atoms with Gasteiger partial charge in [0.05, 0.1) is 9.16 Å². The summed E-state index contributed by atoms with van der Waals surface area (Å²) >= 11 is 11.6. The number of hydrogen-bond donors (Lipinski definition) is 0. The molecule has 1 saturated carbocycles. The highest BCUT2D eigenvalue weighted by molar-refractivity contribution is 9.11. The summed E-state index contributed by atoms with van der Waals surface area (Å²) in [5.74, 6) is 1.51. The standard InChI is InChI=1S/C10H12BrClS/c1-6(7-2-3-7)10(12)8-4-5-9(11)13-8/h4-7,10H,2-3H2,1H3. The molecule has 1 heterocycles. The van der Waals surface area contributed by atoms with E-state index in [1.807, 2.05) is 0 Å². The van der Waals surface area contributed by atoms with E-state index < -0.39 is 0 Å². The molecule has 1 aromatic heterocycles. The maximum atomic E-state index is 6.39. The Balaban J connectivity index is 2.06. The van der Waals surface area contributed by atoms with Gasteiger partial charge in [-0.15, -0.1) is 22.9 Å². The lowest BCUT2D eigenvalue weighted by Crippen LogP contribution is -2.04. The first-order valence-electron chi connectivity index (χ1n) is 4.58. The van der Waals surface area contributed by atoms with Gasteiger partial charge in [-0.2, -0.15) is 0 Å². The molecule has 0 saturated heterocycles. The maximum Gasteiger partial charge on any atom is 0.0707 e. The summed E-state index contributed by atoms with van der Waals surface area (Å²) in [7, 11) is 0. The van der Waals surface area contributed by atoms with Crippen molar-refractivity contribution in [2.75, 3.05) is 0 Å². The zero-order valence-corrected chi connectivity index (χ0v) is 10.6. The molecule has 1 aromatic rings. The Labute approximate surface area is 96.4 Å². The molecule has 1 aliphatic rings. The third-order valence-corrected chi connectivity index (χ3v) is 5.16. The third-order valence-electron chi connectivity index (χ3n) is 2.69. The van der Waals surface area contributed by atoms with E-state index in [0.29, 0.717) is 5.92 Å². The Morgan fingerprint density at radius 3 is 2.69 bits per heavy atom. The highest BCUT2D eigenvalue weighted by Gasteiger charge is 2.33. The van der Waals surface area contributed by atoms with Gasteiger partial charge in [0.1, 0.15) is 0 Å². The summed E-state index contributed by atoms with van der Waals surface area (Å²) in [5, 5.41) is 0.212. The maximum absolute atomic E-state index is 6.39. The van der Waals surface area contributed by atoms with E-state index in [1.165, 1.54) is 21.5 Å². The van der Waals surface area contributed by atoms with Crippen molar-refractivity contribution in [3.05, 3.63) is 20.8 Å². The second-order valence-corrected chi connectivity index (χ2v) is 6.70. The monoisotopic (exact) mass is 278 g/mol. The molecule has 72 valence electrons. The molecule has 0 aliphatic heterocycles. The van der Waals surface area contributed by atoms with E-state index in [0.717, 1.165) is 5.92 Å². The van der Waals surface area contributed by atoms with Gasteiger partial charge in [-0.25, -0.2) is 0 Å². The number of hydrogen-bond acceptors (Lipinski definition) is 1. The van der Waals surface area contributed by atoms with E-state index in [9.17, 15) is 0 Å². The number of thiophene rings is 1. The van der Waals surface area contributed by atoms with Crippen LogP contribution in [0, 0.1) is 11.8 Å². The van der Waals surface area contributed by atoms with Gasteiger partial charge in [0.25, 0.3) is 0 Å². The Kier molecular flexibility index (Phi) is 3.01. The summed E-state index contributed by atoms with van der Waals surface area (Å²) in [6, 6.07) is 4.21. The second kappa shape index (κ2) is 3.92. The van der Waals surface area contributed by atoms with Crippen LogP contribution in [0.1, 0.15) is 30.0 Å². The molecule has 0 radical (unpaired) electrons. The van der Waals surface area contributed by atoms with E-state index in [2.05, 4.69) is 35.0 Å². The molecule has 0 N–H and O–H groups in total.